The van der Waals surface area contributed by atoms with Gasteiger partial charge in [-0.25, -0.2) is 9.13 Å². The summed E-state index contributed by atoms with van der Waals surface area (Å²) in [5.74, 6) is -1.40. The van der Waals surface area contributed by atoms with Gasteiger partial charge in [0.1, 0.15) is 19.3 Å². The van der Waals surface area contributed by atoms with E-state index in [4.69, 9.17) is 37.0 Å². The molecule has 0 heterocycles. The minimum atomic E-state index is -4.95. The Morgan fingerprint density at radius 1 is 0.314 bits per heavy atom. The Labute approximate surface area is 524 Å². The van der Waals surface area contributed by atoms with E-state index in [0.717, 1.165) is 102 Å². The second-order valence-corrected chi connectivity index (χ2v) is 27.6. The summed E-state index contributed by atoms with van der Waals surface area (Å²) in [4.78, 5) is 72.3. The fourth-order valence-electron chi connectivity index (χ4n) is 10.1. The number of ether oxygens (including phenoxy) is 4. The number of aliphatic hydroxyl groups is 1. The van der Waals surface area contributed by atoms with Gasteiger partial charge >= 0.3 is 39.5 Å². The van der Waals surface area contributed by atoms with Crippen LogP contribution in [0.3, 0.4) is 0 Å². The zero-order chi connectivity index (χ0) is 63.5. The number of hydrogen-bond acceptors (Lipinski definition) is 15. The van der Waals surface area contributed by atoms with Gasteiger partial charge in [0.2, 0.25) is 0 Å². The van der Waals surface area contributed by atoms with Crippen LogP contribution in [-0.4, -0.2) is 96.7 Å². The van der Waals surface area contributed by atoms with Crippen molar-refractivity contribution in [2.45, 2.75) is 361 Å². The second-order valence-electron chi connectivity index (χ2n) is 24.7. The van der Waals surface area contributed by atoms with Crippen LogP contribution in [-0.2, 0) is 65.4 Å². The summed E-state index contributed by atoms with van der Waals surface area (Å²) in [6.07, 6.45) is 45.8. The van der Waals surface area contributed by atoms with Gasteiger partial charge in [-0.2, -0.15) is 0 Å². The van der Waals surface area contributed by atoms with E-state index in [1.807, 2.05) is 0 Å². The lowest BCUT2D eigenvalue weighted by molar-refractivity contribution is -0.161. The van der Waals surface area contributed by atoms with Gasteiger partial charge in [0.25, 0.3) is 0 Å². The summed E-state index contributed by atoms with van der Waals surface area (Å²) in [5.41, 5.74) is 0. The van der Waals surface area contributed by atoms with Crippen LogP contribution in [0.4, 0.5) is 0 Å². The molecule has 0 aromatic rings. The Morgan fingerprint density at radius 3 is 0.791 bits per heavy atom. The molecule has 0 aromatic carbocycles. The van der Waals surface area contributed by atoms with E-state index in [9.17, 15) is 43.2 Å². The Kier molecular flexibility index (Phi) is 59.2. The van der Waals surface area contributed by atoms with Crippen molar-refractivity contribution in [1.29, 1.82) is 0 Å². The highest BCUT2D eigenvalue weighted by atomic mass is 31.2. The molecule has 0 saturated heterocycles. The lowest BCUT2D eigenvalue weighted by Gasteiger charge is -2.21. The lowest BCUT2D eigenvalue weighted by atomic mass is 10.0. The smallest absolute Gasteiger partial charge is 0.462 e. The zero-order valence-electron chi connectivity index (χ0n) is 55.4. The maximum Gasteiger partial charge on any atom is 0.472 e. The summed E-state index contributed by atoms with van der Waals surface area (Å²) in [6, 6.07) is 0. The van der Waals surface area contributed by atoms with E-state index >= 15 is 0 Å². The summed E-state index contributed by atoms with van der Waals surface area (Å²) in [5, 5.41) is 10.6. The summed E-state index contributed by atoms with van der Waals surface area (Å²) >= 11 is 0. The Morgan fingerprint density at radius 2 is 0.535 bits per heavy atom. The number of esters is 4. The van der Waals surface area contributed by atoms with Crippen molar-refractivity contribution in [3.05, 3.63) is 0 Å². The molecule has 0 aliphatic heterocycles. The Hall–Kier alpha value is -1.94. The number of phosphoric ester groups is 2. The van der Waals surface area contributed by atoms with Crippen LogP contribution in [0.1, 0.15) is 343 Å². The van der Waals surface area contributed by atoms with Crippen molar-refractivity contribution in [1.82, 2.24) is 0 Å². The van der Waals surface area contributed by atoms with Crippen molar-refractivity contribution in [2.75, 3.05) is 39.6 Å². The monoisotopic (exact) mass is 1270 g/mol. The molecule has 0 aliphatic rings. The molecule has 19 heteroatoms. The molecule has 510 valence electrons. The minimum Gasteiger partial charge on any atom is -0.462 e. The van der Waals surface area contributed by atoms with Gasteiger partial charge < -0.3 is 33.8 Å². The van der Waals surface area contributed by atoms with Gasteiger partial charge in [0.05, 0.1) is 26.4 Å². The molecule has 0 bridgehead atoms. The summed E-state index contributed by atoms with van der Waals surface area (Å²) < 4.78 is 68.1. The largest absolute Gasteiger partial charge is 0.472 e. The van der Waals surface area contributed by atoms with Crippen molar-refractivity contribution in [3.8, 4) is 0 Å². The first-order valence-electron chi connectivity index (χ1n) is 35.1. The number of rotatable bonds is 67. The number of phosphoric acid groups is 2. The molecule has 0 saturated carbocycles. The number of carbonyl (C=O) groups is 4. The van der Waals surface area contributed by atoms with Crippen LogP contribution in [0, 0.1) is 5.92 Å². The van der Waals surface area contributed by atoms with Crippen molar-refractivity contribution >= 4 is 39.5 Å². The predicted molar refractivity (Wildman–Crippen MR) is 345 cm³/mol. The van der Waals surface area contributed by atoms with Crippen LogP contribution in [0.15, 0.2) is 0 Å². The fourth-order valence-corrected chi connectivity index (χ4v) is 11.7. The average molecular weight is 1270 g/mol. The van der Waals surface area contributed by atoms with Crippen LogP contribution < -0.4 is 0 Å². The highest BCUT2D eigenvalue weighted by molar-refractivity contribution is 7.47. The van der Waals surface area contributed by atoms with Gasteiger partial charge in [-0.15, -0.1) is 0 Å². The number of unbranched alkanes of at least 4 members (excludes halogenated alkanes) is 39. The number of hydrogen-bond donors (Lipinski definition) is 3. The topological polar surface area (TPSA) is 237 Å². The molecule has 17 nitrogen and oxygen atoms in total. The van der Waals surface area contributed by atoms with Crippen molar-refractivity contribution in [3.63, 3.8) is 0 Å². The first-order chi connectivity index (χ1) is 41.5. The molecule has 0 amide bonds. The van der Waals surface area contributed by atoms with Crippen molar-refractivity contribution < 1.29 is 80.2 Å². The maximum absolute atomic E-state index is 13.0. The first-order valence-corrected chi connectivity index (χ1v) is 38.1. The van der Waals surface area contributed by atoms with E-state index in [1.54, 1.807) is 0 Å². The van der Waals surface area contributed by atoms with Gasteiger partial charge in [0, 0.05) is 25.7 Å². The van der Waals surface area contributed by atoms with Crippen LogP contribution in [0.2, 0.25) is 0 Å². The maximum atomic E-state index is 13.0. The molecular formula is C67H130O17P2. The van der Waals surface area contributed by atoms with Gasteiger partial charge in [-0.05, 0) is 31.6 Å². The molecule has 2 unspecified atom stereocenters. The molecule has 0 aromatic heterocycles. The van der Waals surface area contributed by atoms with E-state index < -0.39 is 97.5 Å². The summed E-state index contributed by atoms with van der Waals surface area (Å²) in [7, 11) is -9.89. The third-order valence-electron chi connectivity index (χ3n) is 15.5. The van der Waals surface area contributed by atoms with Gasteiger partial charge in [-0.3, -0.25) is 37.3 Å². The third kappa shape index (κ3) is 60.9. The van der Waals surface area contributed by atoms with Crippen LogP contribution in [0.5, 0.6) is 0 Å². The standard InChI is InChI=1S/C67H130O17P2/c1-6-9-12-15-18-21-23-24-25-26-27-29-31-38-43-48-53-67(72)84-63(57-78-65(70)51-46-41-36-33-32-34-39-44-49-60(4)5)59-82-86(75,76)80-55-61(68)54-79-85(73,74)81-58-62(56-77-64(69)50-45-40-35-20-17-14-11-8-3)83-66(71)52-47-42-37-30-28-22-19-16-13-10-7-2/h60-63,68H,6-59H2,1-5H3,(H,73,74)(H,75,76)/t61-,62+,63+/m0/s1. The van der Waals surface area contributed by atoms with Gasteiger partial charge in [-0.1, -0.05) is 291 Å². The Bertz CT molecular complexity index is 1670. The highest BCUT2D eigenvalue weighted by Gasteiger charge is 2.30. The highest BCUT2D eigenvalue weighted by Crippen LogP contribution is 2.45. The fraction of sp³-hybridized carbons (Fsp3) is 0.940. The van der Waals surface area contributed by atoms with Gasteiger partial charge in [0.15, 0.2) is 12.2 Å². The second kappa shape index (κ2) is 60.6. The van der Waals surface area contributed by atoms with Crippen LogP contribution in [0.25, 0.3) is 0 Å². The minimum absolute atomic E-state index is 0.107. The quantitative estimate of drug-likeness (QED) is 0.0222. The number of carbonyl (C=O) groups excluding carboxylic acids is 4. The predicted octanol–water partition coefficient (Wildman–Crippen LogP) is 19.0. The molecule has 0 rings (SSSR count). The molecule has 0 radical (unpaired) electrons. The Balaban J connectivity index is 5.21. The lowest BCUT2D eigenvalue weighted by Crippen LogP contribution is -2.30. The molecule has 86 heavy (non-hydrogen) atoms. The molecule has 0 spiro atoms. The third-order valence-corrected chi connectivity index (χ3v) is 17.4. The first kappa shape index (κ1) is 84.1. The average Bonchev–Trinajstić information content (AvgIpc) is 3.65. The molecule has 0 fully saturated rings. The summed E-state index contributed by atoms with van der Waals surface area (Å²) in [6.45, 7) is 7.16. The zero-order valence-corrected chi connectivity index (χ0v) is 57.2. The van der Waals surface area contributed by atoms with E-state index in [2.05, 4.69) is 34.6 Å². The molecular weight excluding hydrogens is 1140 g/mol. The van der Waals surface area contributed by atoms with Crippen molar-refractivity contribution in [2.24, 2.45) is 5.92 Å². The number of aliphatic hydroxyl groups excluding tert-OH is 1. The normalized spacial score (nSPS) is 14.2. The van der Waals surface area contributed by atoms with E-state index in [0.29, 0.717) is 25.7 Å². The van der Waals surface area contributed by atoms with E-state index in [1.165, 1.54) is 161 Å². The molecule has 3 N–H and O–H groups in total. The molecule has 0 aliphatic carbocycles. The van der Waals surface area contributed by atoms with E-state index in [-0.39, 0.29) is 25.7 Å². The van der Waals surface area contributed by atoms with Crippen LogP contribution >= 0.6 is 15.6 Å². The SMILES string of the molecule is CCCCCCCCCCCCCCCCCCC(=O)O[C@H](COC(=O)CCCCCCCCCCC(C)C)COP(=O)(O)OC[C@@H](O)COP(=O)(O)OC[C@@H](COC(=O)CCCCCCCCCC)OC(=O)CCCCCCCCCCCCC. The molecule has 5 atom stereocenters.